The van der Waals surface area contributed by atoms with Crippen LogP contribution in [0.25, 0.3) is 0 Å². The van der Waals surface area contributed by atoms with Crippen LogP contribution in [0.2, 0.25) is 0 Å². The van der Waals surface area contributed by atoms with Gasteiger partial charge in [0.1, 0.15) is 11.3 Å². The predicted octanol–water partition coefficient (Wildman–Crippen LogP) is 2.65. The molecule has 0 aliphatic heterocycles. The molecule has 0 bridgehead atoms. The minimum absolute atomic E-state index is 0.0991. The number of carbonyl (C=O) groups is 1. The van der Waals surface area contributed by atoms with Crippen molar-refractivity contribution in [2.75, 3.05) is 0 Å². The summed E-state index contributed by atoms with van der Waals surface area (Å²) in [4.78, 5) is 10.9. The maximum absolute atomic E-state index is 10.9. The second-order valence-electron chi connectivity index (χ2n) is 4.38. The molecule has 1 aliphatic rings. The molecule has 1 saturated carbocycles. The zero-order chi connectivity index (χ0) is 12.6. The first-order chi connectivity index (χ1) is 8.02. The maximum atomic E-state index is 10.9. The van der Waals surface area contributed by atoms with Gasteiger partial charge in [0.2, 0.25) is 0 Å². The van der Waals surface area contributed by atoms with Crippen LogP contribution >= 0.6 is 15.9 Å². The minimum atomic E-state index is -1.14. The molecule has 92 valence electrons. The van der Waals surface area contributed by atoms with E-state index in [0.29, 0.717) is 16.0 Å². The molecule has 1 atom stereocenters. The molecule has 1 aromatic carbocycles. The molecule has 4 nitrogen and oxygen atoms in total. The Bertz CT molecular complexity index is 457. The zero-order valence-electron chi connectivity index (χ0n) is 9.19. The van der Waals surface area contributed by atoms with Crippen molar-refractivity contribution in [2.24, 2.45) is 11.7 Å². The summed E-state index contributed by atoms with van der Waals surface area (Å²) in [5.74, 6) is -1.02. The maximum Gasteiger partial charge on any atom is 0.339 e. The largest absolute Gasteiger partial charge is 0.507 e. The number of carboxylic acids is 1. The summed E-state index contributed by atoms with van der Waals surface area (Å²) in [6.45, 7) is 0. The number of benzene rings is 1. The van der Waals surface area contributed by atoms with E-state index in [0.717, 1.165) is 19.3 Å². The summed E-state index contributed by atoms with van der Waals surface area (Å²) >= 11 is 3.32. The van der Waals surface area contributed by atoms with Crippen molar-refractivity contribution in [1.82, 2.24) is 0 Å². The number of carboxylic acid groups (broad SMARTS) is 1. The molecule has 0 radical (unpaired) electrons. The van der Waals surface area contributed by atoms with E-state index in [2.05, 4.69) is 15.9 Å². The van der Waals surface area contributed by atoms with Gasteiger partial charge in [0.05, 0.1) is 0 Å². The van der Waals surface area contributed by atoms with Gasteiger partial charge in [-0.25, -0.2) is 4.79 Å². The molecular weight excluding hydrogens is 286 g/mol. The zero-order valence-corrected chi connectivity index (χ0v) is 10.8. The van der Waals surface area contributed by atoms with Crippen molar-refractivity contribution in [3.63, 3.8) is 0 Å². The fraction of sp³-hybridized carbons (Fsp3) is 0.417. The lowest BCUT2D eigenvalue weighted by Gasteiger charge is -2.32. The van der Waals surface area contributed by atoms with E-state index in [1.807, 2.05) is 0 Å². The van der Waals surface area contributed by atoms with Gasteiger partial charge < -0.3 is 15.9 Å². The minimum Gasteiger partial charge on any atom is -0.507 e. The summed E-state index contributed by atoms with van der Waals surface area (Å²) in [6, 6.07) is 2.69. The standard InChI is InChI=1S/C12H14BrNO3/c13-8-5-4-7(12(16)17)11(15)9(8)10(14)6-2-1-3-6/h4-6,10,15H,1-3,14H2,(H,16,17)/t10-/m1/s1. The van der Waals surface area contributed by atoms with E-state index < -0.39 is 5.97 Å². The van der Waals surface area contributed by atoms with E-state index >= 15 is 0 Å². The van der Waals surface area contributed by atoms with Crippen molar-refractivity contribution in [2.45, 2.75) is 25.3 Å². The van der Waals surface area contributed by atoms with Gasteiger partial charge >= 0.3 is 5.97 Å². The molecule has 1 aromatic rings. The average Bonchev–Trinajstić information content (AvgIpc) is 2.13. The highest BCUT2D eigenvalue weighted by molar-refractivity contribution is 9.10. The van der Waals surface area contributed by atoms with Crippen LogP contribution in [0, 0.1) is 5.92 Å². The molecule has 0 amide bonds. The number of nitrogens with two attached hydrogens (primary N) is 1. The van der Waals surface area contributed by atoms with Crippen LogP contribution in [-0.4, -0.2) is 16.2 Å². The van der Waals surface area contributed by atoms with Gasteiger partial charge in [0.25, 0.3) is 0 Å². The van der Waals surface area contributed by atoms with Gasteiger partial charge in [-0.2, -0.15) is 0 Å². The lowest BCUT2D eigenvalue weighted by Crippen LogP contribution is -2.27. The van der Waals surface area contributed by atoms with Crippen LogP contribution in [0.5, 0.6) is 5.75 Å². The Morgan fingerprint density at radius 3 is 2.59 bits per heavy atom. The fourth-order valence-corrected chi connectivity index (χ4v) is 2.69. The van der Waals surface area contributed by atoms with E-state index in [1.165, 1.54) is 6.07 Å². The molecule has 0 aromatic heterocycles. The average molecular weight is 300 g/mol. The van der Waals surface area contributed by atoms with Gasteiger partial charge in [-0.1, -0.05) is 22.4 Å². The van der Waals surface area contributed by atoms with E-state index in [-0.39, 0.29) is 17.4 Å². The number of aromatic hydroxyl groups is 1. The summed E-state index contributed by atoms with van der Waals surface area (Å²) in [5.41, 5.74) is 6.50. The highest BCUT2D eigenvalue weighted by atomic mass is 79.9. The van der Waals surface area contributed by atoms with Crippen LogP contribution in [0.15, 0.2) is 16.6 Å². The van der Waals surface area contributed by atoms with Gasteiger partial charge in [0.15, 0.2) is 0 Å². The molecule has 4 N–H and O–H groups in total. The second kappa shape index (κ2) is 4.66. The molecule has 5 heteroatoms. The van der Waals surface area contributed by atoms with Crippen molar-refractivity contribution >= 4 is 21.9 Å². The SMILES string of the molecule is N[C@@H](c1c(Br)ccc(C(=O)O)c1O)C1CCC1. The number of hydrogen-bond donors (Lipinski definition) is 3. The quantitative estimate of drug-likeness (QED) is 0.801. The van der Waals surface area contributed by atoms with Crippen LogP contribution in [0.4, 0.5) is 0 Å². The lowest BCUT2D eigenvalue weighted by atomic mass is 9.77. The van der Waals surface area contributed by atoms with Gasteiger partial charge in [-0.05, 0) is 30.9 Å². The molecule has 1 aliphatic carbocycles. The highest BCUT2D eigenvalue weighted by Gasteiger charge is 2.30. The third-order valence-electron chi connectivity index (χ3n) is 3.39. The summed E-state index contributed by atoms with van der Waals surface area (Å²) in [6.07, 6.45) is 3.21. The molecular formula is C12H14BrNO3. The Kier molecular flexibility index (Phi) is 3.40. The molecule has 0 heterocycles. The number of halogens is 1. The summed E-state index contributed by atoms with van der Waals surface area (Å²) < 4.78 is 0.666. The van der Waals surface area contributed by atoms with Crippen LogP contribution in [0.1, 0.15) is 41.2 Å². The van der Waals surface area contributed by atoms with E-state index in [4.69, 9.17) is 10.8 Å². The summed E-state index contributed by atoms with van der Waals surface area (Å²) in [5, 5.41) is 18.9. The van der Waals surface area contributed by atoms with Gasteiger partial charge in [0, 0.05) is 16.1 Å². The molecule has 2 rings (SSSR count). The van der Waals surface area contributed by atoms with Crippen LogP contribution in [-0.2, 0) is 0 Å². The Labute approximate surface area is 108 Å². The molecule has 17 heavy (non-hydrogen) atoms. The Hall–Kier alpha value is -1.07. The Morgan fingerprint density at radius 2 is 2.12 bits per heavy atom. The number of rotatable bonds is 3. The number of hydrogen-bond acceptors (Lipinski definition) is 3. The smallest absolute Gasteiger partial charge is 0.339 e. The van der Waals surface area contributed by atoms with E-state index in [9.17, 15) is 9.90 Å². The van der Waals surface area contributed by atoms with E-state index in [1.54, 1.807) is 6.07 Å². The third kappa shape index (κ3) is 2.17. The Balaban J connectivity index is 2.43. The first-order valence-electron chi connectivity index (χ1n) is 5.52. The molecule has 0 unspecified atom stereocenters. The molecule has 0 saturated heterocycles. The van der Waals surface area contributed by atoms with Crippen molar-refractivity contribution < 1.29 is 15.0 Å². The molecule has 0 spiro atoms. The number of aromatic carboxylic acids is 1. The van der Waals surface area contributed by atoms with Crippen LogP contribution in [0.3, 0.4) is 0 Å². The summed E-state index contributed by atoms with van der Waals surface area (Å²) in [7, 11) is 0. The van der Waals surface area contributed by atoms with Crippen molar-refractivity contribution in [3.05, 3.63) is 27.7 Å². The Morgan fingerprint density at radius 1 is 1.47 bits per heavy atom. The first kappa shape index (κ1) is 12.4. The topological polar surface area (TPSA) is 83.6 Å². The van der Waals surface area contributed by atoms with Crippen molar-refractivity contribution in [3.8, 4) is 5.75 Å². The predicted molar refractivity (Wildman–Crippen MR) is 67.0 cm³/mol. The number of phenols is 1. The van der Waals surface area contributed by atoms with Gasteiger partial charge in [-0.15, -0.1) is 0 Å². The first-order valence-corrected chi connectivity index (χ1v) is 6.32. The normalized spacial score (nSPS) is 17.5. The molecule has 1 fully saturated rings. The van der Waals surface area contributed by atoms with Crippen molar-refractivity contribution in [1.29, 1.82) is 0 Å². The van der Waals surface area contributed by atoms with Crippen LogP contribution < -0.4 is 5.73 Å². The third-order valence-corrected chi connectivity index (χ3v) is 4.08. The van der Waals surface area contributed by atoms with Gasteiger partial charge in [-0.3, -0.25) is 0 Å². The monoisotopic (exact) mass is 299 g/mol. The lowest BCUT2D eigenvalue weighted by molar-refractivity contribution is 0.0693. The second-order valence-corrected chi connectivity index (χ2v) is 5.23. The highest BCUT2D eigenvalue weighted by Crippen LogP contribution is 2.42. The fourth-order valence-electron chi connectivity index (χ4n) is 2.11.